The first-order valence-electron chi connectivity index (χ1n) is 4.17. The lowest BCUT2D eigenvalue weighted by Crippen LogP contribution is -2.40. The Balaban J connectivity index is 3.70. The van der Waals surface area contributed by atoms with Crippen LogP contribution < -0.4 is 5.73 Å². The average molecular weight is 159 g/mol. The molecule has 0 aromatic heterocycles. The molecule has 0 radical (unpaired) electrons. The van der Waals surface area contributed by atoms with Crippen molar-refractivity contribution in [2.24, 2.45) is 11.1 Å². The van der Waals surface area contributed by atoms with Crippen LogP contribution in [0.2, 0.25) is 0 Å². The van der Waals surface area contributed by atoms with Crippen LogP contribution in [0.4, 0.5) is 0 Å². The number of hydrogen-bond donors (Lipinski definition) is 2. The molecule has 0 saturated heterocycles. The molecule has 0 rings (SSSR count). The maximum absolute atomic E-state index is 8.87. The van der Waals surface area contributed by atoms with E-state index in [1.54, 1.807) is 0 Å². The molecule has 0 spiro atoms. The van der Waals surface area contributed by atoms with Gasteiger partial charge < -0.3 is 10.8 Å². The highest BCUT2D eigenvalue weighted by Crippen LogP contribution is 2.23. The molecule has 0 saturated carbocycles. The SMILES string of the molecule is CC(C)(C)CCC(C)(N)CO. The standard InChI is InChI=1S/C9H21NO/c1-8(2,3)5-6-9(4,10)7-11/h11H,5-7,10H2,1-4H3. The Hall–Kier alpha value is -0.0800. The van der Waals surface area contributed by atoms with E-state index in [9.17, 15) is 0 Å². The van der Waals surface area contributed by atoms with Gasteiger partial charge in [0.05, 0.1) is 6.61 Å². The van der Waals surface area contributed by atoms with Crippen molar-refractivity contribution in [1.82, 2.24) is 0 Å². The number of hydrogen-bond acceptors (Lipinski definition) is 2. The van der Waals surface area contributed by atoms with Crippen LogP contribution in [-0.4, -0.2) is 17.3 Å². The van der Waals surface area contributed by atoms with E-state index >= 15 is 0 Å². The van der Waals surface area contributed by atoms with Crippen LogP contribution >= 0.6 is 0 Å². The highest BCUT2D eigenvalue weighted by Gasteiger charge is 2.20. The van der Waals surface area contributed by atoms with Crippen molar-refractivity contribution in [1.29, 1.82) is 0 Å². The van der Waals surface area contributed by atoms with Gasteiger partial charge in [-0.05, 0) is 25.2 Å². The Morgan fingerprint density at radius 1 is 1.09 bits per heavy atom. The summed E-state index contributed by atoms with van der Waals surface area (Å²) in [6.07, 6.45) is 1.94. The normalized spacial score (nSPS) is 18.0. The predicted octanol–water partition coefficient (Wildman–Crippen LogP) is 1.52. The van der Waals surface area contributed by atoms with Crippen molar-refractivity contribution < 1.29 is 5.11 Å². The van der Waals surface area contributed by atoms with E-state index in [-0.39, 0.29) is 6.61 Å². The van der Waals surface area contributed by atoms with E-state index in [4.69, 9.17) is 10.8 Å². The van der Waals surface area contributed by atoms with Gasteiger partial charge in [-0.15, -0.1) is 0 Å². The van der Waals surface area contributed by atoms with E-state index in [0.29, 0.717) is 5.41 Å². The highest BCUT2D eigenvalue weighted by atomic mass is 16.3. The molecule has 11 heavy (non-hydrogen) atoms. The Labute approximate surface area is 69.8 Å². The van der Waals surface area contributed by atoms with Crippen molar-refractivity contribution >= 4 is 0 Å². The summed E-state index contributed by atoms with van der Waals surface area (Å²) in [7, 11) is 0. The molecule has 0 aliphatic heterocycles. The van der Waals surface area contributed by atoms with E-state index < -0.39 is 5.54 Å². The lowest BCUT2D eigenvalue weighted by Gasteiger charge is -2.26. The molecule has 0 aromatic rings. The number of aliphatic hydroxyl groups excluding tert-OH is 1. The highest BCUT2D eigenvalue weighted by molar-refractivity contribution is 4.79. The molecule has 3 N–H and O–H groups in total. The summed E-state index contributed by atoms with van der Waals surface area (Å²) in [6.45, 7) is 8.50. The van der Waals surface area contributed by atoms with Gasteiger partial charge in [0.15, 0.2) is 0 Å². The van der Waals surface area contributed by atoms with Crippen molar-refractivity contribution in [3.8, 4) is 0 Å². The molecule has 1 atom stereocenters. The maximum atomic E-state index is 8.87. The average Bonchev–Trinajstić information content (AvgIpc) is 1.83. The molecule has 1 unspecified atom stereocenters. The summed E-state index contributed by atoms with van der Waals surface area (Å²) in [5.41, 5.74) is 5.69. The molecular formula is C9H21NO. The Bertz CT molecular complexity index is 113. The lowest BCUT2D eigenvalue weighted by atomic mass is 9.85. The minimum atomic E-state index is -0.396. The molecular weight excluding hydrogens is 138 g/mol. The van der Waals surface area contributed by atoms with Gasteiger partial charge in [-0.2, -0.15) is 0 Å². The molecule has 0 bridgehead atoms. The topological polar surface area (TPSA) is 46.2 Å². The van der Waals surface area contributed by atoms with Gasteiger partial charge in [0, 0.05) is 5.54 Å². The largest absolute Gasteiger partial charge is 0.394 e. The van der Waals surface area contributed by atoms with E-state index in [0.717, 1.165) is 12.8 Å². The van der Waals surface area contributed by atoms with Crippen LogP contribution in [0, 0.1) is 5.41 Å². The zero-order valence-electron chi connectivity index (χ0n) is 8.15. The molecule has 68 valence electrons. The second kappa shape index (κ2) is 3.55. The Kier molecular flexibility index (Phi) is 3.52. The van der Waals surface area contributed by atoms with Crippen molar-refractivity contribution in [2.75, 3.05) is 6.61 Å². The van der Waals surface area contributed by atoms with Crippen LogP contribution in [0.1, 0.15) is 40.5 Å². The summed E-state index contributed by atoms with van der Waals surface area (Å²) in [5, 5.41) is 8.87. The smallest absolute Gasteiger partial charge is 0.0608 e. The minimum absolute atomic E-state index is 0.0725. The molecule has 0 amide bonds. The molecule has 0 heterocycles. The fraction of sp³-hybridized carbons (Fsp3) is 1.00. The van der Waals surface area contributed by atoms with Crippen LogP contribution in [0.25, 0.3) is 0 Å². The fourth-order valence-corrected chi connectivity index (χ4v) is 0.740. The van der Waals surface area contributed by atoms with E-state index in [1.165, 1.54) is 0 Å². The van der Waals surface area contributed by atoms with Crippen LogP contribution in [0.3, 0.4) is 0 Å². The molecule has 0 aromatic carbocycles. The van der Waals surface area contributed by atoms with Gasteiger partial charge in [0.2, 0.25) is 0 Å². The fourth-order valence-electron chi connectivity index (χ4n) is 0.740. The summed E-state index contributed by atoms with van der Waals surface area (Å²) in [6, 6.07) is 0. The van der Waals surface area contributed by atoms with Crippen molar-refractivity contribution in [3.05, 3.63) is 0 Å². The van der Waals surface area contributed by atoms with E-state index in [2.05, 4.69) is 20.8 Å². The molecule has 0 aliphatic rings. The van der Waals surface area contributed by atoms with Crippen LogP contribution in [0.5, 0.6) is 0 Å². The number of nitrogens with two attached hydrogens (primary N) is 1. The van der Waals surface area contributed by atoms with Gasteiger partial charge in [0.25, 0.3) is 0 Å². The summed E-state index contributed by atoms with van der Waals surface area (Å²) in [4.78, 5) is 0. The van der Waals surface area contributed by atoms with Crippen LogP contribution in [-0.2, 0) is 0 Å². The molecule has 2 nitrogen and oxygen atoms in total. The lowest BCUT2D eigenvalue weighted by molar-refractivity contribution is 0.183. The minimum Gasteiger partial charge on any atom is -0.394 e. The predicted molar refractivity (Wildman–Crippen MR) is 48.4 cm³/mol. The van der Waals surface area contributed by atoms with Gasteiger partial charge in [-0.1, -0.05) is 20.8 Å². The quantitative estimate of drug-likeness (QED) is 0.656. The molecule has 2 heteroatoms. The van der Waals surface area contributed by atoms with Gasteiger partial charge in [-0.25, -0.2) is 0 Å². The van der Waals surface area contributed by atoms with Crippen LogP contribution in [0.15, 0.2) is 0 Å². The number of aliphatic hydroxyl groups is 1. The summed E-state index contributed by atoms with van der Waals surface area (Å²) >= 11 is 0. The summed E-state index contributed by atoms with van der Waals surface area (Å²) < 4.78 is 0. The first-order chi connectivity index (χ1) is 4.77. The van der Waals surface area contributed by atoms with Gasteiger partial charge >= 0.3 is 0 Å². The van der Waals surface area contributed by atoms with Gasteiger partial charge in [-0.3, -0.25) is 0 Å². The molecule has 0 fully saturated rings. The molecule has 0 aliphatic carbocycles. The monoisotopic (exact) mass is 159 g/mol. The van der Waals surface area contributed by atoms with E-state index in [1.807, 2.05) is 6.92 Å². The second-order valence-corrected chi connectivity index (χ2v) is 4.87. The Morgan fingerprint density at radius 3 is 1.82 bits per heavy atom. The maximum Gasteiger partial charge on any atom is 0.0608 e. The summed E-state index contributed by atoms with van der Waals surface area (Å²) in [5.74, 6) is 0. The third-order valence-corrected chi connectivity index (χ3v) is 1.81. The Morgan fingerprint density at radius 2 is 1.55 bits per heavy atom. The first-order valence-corrected chi connectivity index (χ1v) is 4.17. The zero-order chi connectivity index (χ0) is 9.12. The van der Waals surface area contributed by atoms with Crippen molar-refractivity contribution in [2.45, 2.75) is 46.1 Å². The first kappa shape index (κ1) is 10.9. The van der Waals surface area contributed by atoms with Crippen molar-refractivity contribution in [3.63, 3.8) is 0 Å². The van der Waals surface area contributed by atoms with Gasteiger partial charge in [0.1, 0.15) is 0 Å². The third kappa shape index (κ3) is 6.32. The third-order valence-electron chi connectivity index (χ3n) is 1.81. The second-order valence-electron chi connectivity index (χ2n) is 4.87. The number of rotatable bonds is 3. The zero-order valence-corrected chi connectivity index (χ0v) is 8.15.